The lowest BCUT2D eigenvalue weighted by atomic mass is 10.2. The minimum absolute atomic E-state index is 0.0529. The number of ether oxygens (including phenoxy) is 1. The molecule has 2 rings (SSSR count). The third-order valence-electron chi connectivity index (χ3n) is 3.26. The van der Waals surface area contributed by atoms with Crippen LogP contribution < -0.4 is 10.0 Å². The lowest BCUT2D eigenvalue weighted by Gasteiger charge is -2.23. The largest absolute Gasteiger partial charge is 0.468 e. The Balaban J connectivity index is 2.51. The summed E-state index contributed by atoms with van der Waals surface area (Å²) in [6.07, 6.45) is 0. The zero-order valence-electron chi connectivity index (χ0n) is 12.9. The molecule has 122 valence electrons. The van der Waals surface area contributed by atoms with E-state index in [1.54, 1.807) is 18.2 Å². The van der Waals surface area contributed by atoms with Crippen LogP contribution in [-0.4, -0.2) is 28.0 Å². The molecular formula is C16H18N2O4S. The van der Waals surface area contributed by atoms with Gasteiger partial charge in [0.1, 0.15) is 6.54 Å². The molecule has 0 fully saturated rings. The molecule has 0 aliphatic carbocycles. The predicted octanol–water partition coefficient (Wildman–Crippen LogP) is 1.95. The van der Waals surface area contributed by atoms with Gasteiger partial charge in [-0.15, -0.1) is 0 Å². The molecule has 2 aromatic rings. The lowest BCUT2D eigenvalue weighted by Crippen LogP contribution is -2.36. The standard InChI is InChI=1S/C16H18N2O4S/c1-12-4-3-5-14(10-12)18(11-16(19)22-2)23(20,21)15-8-6-13(17)7-9-15/h3-10H,11,17H2,1-2H3. The van der Waals surface area contributed by atoms with Gasteiger partial charge in [-0.25, -0.2) is 8.42 Å². The number of benzene rings is 2. The molecule has 0 aromatic heterocycles. The van der Waals surface area contributed by atoms with Gasteiger partial charge >= 0.3 is 5.97 Å². The second-order valence-electron chi connectivity index (χ2n) is 5.00. The van der Waals surface area contributed by atoms with E-state index in [1.807, 2.05) is 13.0 Å². The van der Waals surface area contributed by atoms with E-state index < -0.39 is 22.5 Å². The summed E-state index contributed by atoms with van der Waals surface area (Å²) in [5.74, 6) is -0.648. The SMILES string of the molecule is COC(=O)CN(c1cccc(C)c1)S(=O)(=O)c1ccc(N)cc1. The molecule has 0 unspecified atom stereocenters. The number of rotatable bonds is 5. The van der Waals surface area contributed by atoms with Crippen molar-refractivity contribution in [1.29, 1.82) is 0 Å². The molecule has 0 aliphatic rings. The summed E-state index contributed by atoms with van der Waals surface area (Å²) < 4.78 is 31.4. The van der Waals surface area contributed by atoms with Gasteiger partial charge in [0.2, 0.25) is 0 Å². The number of carbonyl (C=O) groups is 1. The smallest absolute Gasteiger partial charge is 0.326 e. The summed E-state index contributed by atoms with van der Waals surface area (Å²) in [5.41, 5.74) is 7.33. The molecule has 6 nitrogen and oxygen atoms in total. The maximum atomic E-state index is 12.9. The molecule has 0 aliphatic heterocycles. The number of hydrogen-bond acceptors (Lipinski definition) is 5. The number of nitrogens with zero attached hydrogens (tertiary/aromatic N) is 1. The van der Waals surface area contributed by atoms with Gasteiger partial charge in [-0.2, -0.15) is 0 Å². The van der Waals surface area contributed by atoms with Crippen LogP contribution in [0.2, 0.25) is 0 Å². The molecule has 0 radical (unpaired) electrons. The summed E-state index contributed by atoms with van der Waals surface area (Å²) >= 11 is 0. The predicted molar refractivity (Wildman–Crippen MR) is 88.6 cm³/mol. The van der Waals surface area contributed by atoms with Crippen LogP contribution in [0, 0.1) is 6.92 Å². The number of nitrogen functional groups attached to an aromatic ring is 1. The van der Waals surface area contributed by atoms with Crippen LogP contribution >= 0.6 is 0 Å². The number of sulfonamides is 1. The van der Waals surface area contributed by atoms with Crippen molar-refractivity contribution < 1.29 is 17.9 Å². The Hall–Kier alpha value is -2.54. The fraction of sp³-hybridized carbons (Fsp3) is 0.188. The highest BCUT2D eigenvalue weighted by Gasteiger charge is 2.27. The number of esters is 1. The van der Waals surface area contributed by atoms with E-state index in [0.717, 1.165) is 9.87 Å². The Morgan fingerprint density at radius 2 is 1.83 bits per heavy atom. The average Bonchev–Trinajstić information content (AvgIpc) is 2.52. The van der Waals surface area contributed by atoms with Crippen molar-refractivity contribution >= 4 is 27.4 Å². The maximum Gasteiger partial charge on any atom is 0.326 e. The Bertz CT molecular complexity index is 801. The van der Waals surface area contributed by atoms with Gasteiger partial charge in [0.15, 0.2) is 0 Å². The Labute approximate surface area is 135 Å². The molecule has 0 spiro atoms. The van der Waals surface area contributed by atoms with Gasteiger partial charge in [-0.1, -0.05) is 12.1 Å². The monoisotopic (exact) mass is 334 g/mol. The molecule has 23 heavy (non-hydrogen) atoms. The van der Waals surface area contributed by atoms with E-state index in [4.69, 9.17) is 5.73 Å². The van der Waals surface area contributed by atoms with Crippen LogP contribution in [0.3, 0.4) is 0 Å². The third kappa shape index (κ3) is 3.81. The topological polar surface area (TPSA) is 89.7 Å². The quantitative estimate of drug-likeness (QED) is 0.667. The van der Waals surface area contributed by atoms with Gasteiger partial charge in [-0.05, 0) is 48.9 Å². The van der Waals surface area contributed by atoms with Crippen LogP contribution in [-0.2, 0) is 19.6 Å². The molecule has 0 bridgehead atoms. The highest BCUT2D eigenvalue weighted by atomic mass is 32.2. The zero-order valence-corrected chi connectivity index (χ0v) is 13.7. The fourth-order valence-electron chi connectivity index (χ4n) is 2.05. The van der Waals surface area contributed by atoms with Gasteiger partial charge in [0, 0.05) is 5.69 Å². The van der Waals surface area contributed by atoms with Gasteiger partial charge in [0.05, 0.1) is 17.7 Å². The second-order valence-corrected chi connectivity index (χ2v) is 6.86. The first-order chi connectivity index (χ1) is 10.8. The first-order valence-corrected chi connectivity index (χ1v) is 8.30. The van der Waals surface area contributed by atoms with Crippen molar-refractivity contribution in [3.8, 4) is 0 Å². The van der Waals surface area contributed by atoms with Gasteiger partial charge in [0.25, 0.3) is 10.0 Å². The summed E-state index contributed by atoms with van der Waals surface area (Å²) in [4.78, 5) is 11.7. The minimum Gasteiger partial charge on any atom is -0.468 e. The van der Waals surface area contributed by atoms with E-state index in [0.29, 0.717) is 11.4 Å². The number of nitrogens with two attached hydrogens (primary N) is 1. The number of aryl methyl sites for hydroxylation is 1. The summed E-state index contributed by atoms with van der Waals surface area (Å²) in [7, 11) is -2.70. The van der Waals surface area contributed by atoms with Crippen molar-refractivity contribution in [2.45, 2.75) is 11.8 Å². The first-order valence-electron chi connectivity index (χ1n) is 6.86. The number of carbonyl (C=O) groups excluding carboxylic acids is 1. The van der Waals surface area contributed by atoms with E-state index in [9.17, 15) is 13.2 Å². The molecule has 2 N–H and O–H groups in total. The van der Waals surface area contributed by atoms with Gasteiger partial charge < -0.3 is 10.5 Å². The Kier molecular flexibility index (Phi) is 4.90. The van der Waals surface area contributed by atoms with Gasteiger partial charge in [-0.3, -0.25) is 9.10 Å². The third-order valence-corrected chi connectivity index (χ3v) is 5.05. The molecule has 2 aromatic carbocycles. The summed E-state index contributed by atoms with van der Waals surface area (Å²) in [5, 5.41) is 0. The summed E-state index contributed by atoms with van der Waals surface area (Å²) in [6.45, 7) is 1.43. The van der Waals surface area contributed by atoms with Crippen LogP contribution in [0.15, 0.2) is 53.4 Å². The first kappa shape index (κ1) is 16.8. The Morgan fingerprint density at radius 1 is 1.17 bits per heavy atom. The number of anilines is 2. The highest BCUT2D eigenvalue weighted by molar-refractivity contribution is 7.92. The van der Waals surface area contributed by atoms with Crippen molar-refractivity contribution in [1.82, 2.24) is 0 Å². The fourth-order valence-corrected chi connectivity index (χ4v) is 3.45. The molecule has 0 atom stereocenters. The molecule has 7 heteroatoms. The molecule has 0 saturated carbocycles. The molecule has 0 heterocycles. The Morgan fingerprint density at radius 3 is 2.39 bits per heavy atom. The summed E-state index contributed by atoms with van der Waals surface area (Å²) in [6, 6.07) is 12.7. The number of methoxy groups -OCH3 is 1. The van der Waals surface area contributed by atoms with Crippen LogP contribution in [0.1, 0.15) is 5.56 Å². The van der Waals surface area contributed by atoms with E-state index in [2.05, 4.69) is 4.74 Å². The van der Waals surface area contributed by atoms with E-state index >= 15 is 0 Å². The number of hydrogen-bond donors (Lipinski definition) is 1. The second kappa shape index (κ2) is 6.70. The lowest BCUT2D eigenvalue weighted by molar-refractivity contribution is -0.138. The maximum absolute atomic E-state index is 12.9. The minimum atomic E-state index is -3.92. The van der Waals surface area contributed by atoms with Crippen molar-refractivity contribution in [3.63, 3.8) is 0 Å². The van der Waals surface area contributed by atoms with Crippen LogP contribution in [0.25, 0.3) is 0 Å². The van der Waals surface area contributed by atoms with E-state index in [-0.39, 0.29) is 4.90 Å². The molecular weight excluding hydrogens is 316 g/mol. The molecule has 0 saturated heterocycles. The normalized spacial score (nSPS) is 11.0. The van der Waals surface area contributed by atoms with Crippen LogP contribution in [0.4, 0.5) is 11.4 Å². The highest BCUT2D eigenvalue weighted by Crippen LogP contribution is 2.25. The van der Waals surface area contributed by atoms with Crippen LogP contribution in [0.5, 0.6) is 0 Å². The zero-order chi connectivity index (χ0) is 17.0. The molecule has 0 amide bonds. The van der Waals surface area contributed by atoms with Crippen molar-refractivity contribution in [2.24, 2.45) is 0 Å². The van der Waals surface area contributed by atoms with E-state index in [1.165, 1.54) is 31.4 Å². The average molecular weight is 334 g/mol. The van der Waals surface area contributed by atoms with Crippen molar-refractivity contribution in [2.75, 3.05) is 23.7 Å². The van der Waals surface area contributed by atoms with Crippen molar-refractivity contribution in [3.05, 3.63) is 54.1 Å².